The zero-order valence-corrected chi connectivity index (χ0v) is 18.2. The van der Waals surface area contributed by atoms with E-state index in [0.29, 0.717) is 16.9 Å². The summed E-state index contributed by atoms with van der Waals surface area (Å²) in [6, 6.07) is 15.4. The molecular weight excluding hydrogens is 414 g/mol. The first-order chi connectivity index (χ1) is 15.1. The molecule has 0 unspecified atom stereocenters. The lowest BCUT2D eigenvalue weighted by Crippen LogP contribution is -2.65. The Kier molecular flexibility index (Phi) is 5.48. The summed E-state index contributed by atoms with van der Waals surface area (Å²) in [7, 11) is 1.57. The minimum absolute atomic E-state index is 0.0692. The highest BCUT2D eigenvalue weighted by Gasteiger charge is 2.73. The zero-order chi connectivity index (χ0) is 23.1. The first kappa shape index (κ1) is 22.3. The van der Waals surface area contributed by atoms with Crippen LogP contribution in [0.4, 0.5) is 0 Å². The maximum Gasteiger partial charge on any atom is 0.338 e. The summed E-state index contributed by atoms with van der Waals surface area (Å²) >= 11 is 0. The molecule has 1 spiro atoms. The Hall–Kier alpha value is -2.94. The van der Waals surface area contributed by atoms with Gasteiger partial charge >= 0.3 is 5.97 Å². The van der Waals surface area contributed by atoms with Crippen molar-refractivity contribution in [2.45, 2.75) is 49.2 Å². The maximum atomic E-state index is 12.4. The van der Waals surface area contributed by atoms with Gasteiger partial charge in [-0.05, 0) is 50.2 Å². The lowest BCUT2D eigenvalue weighted by molar-refractivity contribution is -0.197. The highest BCUT2D eigenvalue weighted by molar-refractivity contribution is 5.96. The fraction of sp³-hybridized carbons (Fsp3) is 0.417. The van der Waals surface area contributed by atoms with E-state index in [-0.39, 0.29) is 12.3 Å². The largest absolute Gasteiger partial charge is 0.497 e. The molecule has 2 aromatic carbocycles. The Labute approximate surface area is 186 Å². The van der Waals surface area contributed by atoms with E-state index in [4.69, 9.17) is 14.2 Å². The van der Waals surface area contributed by atoms with Crippen LogP contribution in [0.15, 0.2) is 59.6 Å². The predicted octanol–water partition coefficient (Wildman–Crippen LogP) is 1.70. The maximum absolute atomic E-state index is 12.4. The minimum atomic E-state index is -2.14. The summed E-state index contributed by atoms with van der Waals surface area (Å²) in [4.78, 5) is 17.0. The van der Waals surface area contributed by atoms with Crippen molar-refractivity contribution < 1.29 is 34.3 Å². The number of aliphatic hydroxyl groups is 3. The molecule has 2 aliphatic rings. The van der Waals surface area contributed by atoms with Crippen LogP contribution in [0.25, 0.3) is 0 Å². The Morgan fingerprint density at radius 1 is 1.16 bits per heavy atom. The average Bonchev–Trinajstić information content (AvgIpc) is 3.21. The van der Waals surface area contributed by atoms with Crippen molar-refractivity contribution in [3.8, 4) is 5.75 Å². The third-order valence-corrected chi connectivity index (χ3v) is 6.77. The fourth-order valence-electron chi connectivity index (χ4n) is 4.58. The van der Waals surface area contributed by atoms with Crippen LogP contribution in [0.1, 0.15) is 36.2 Å². The van der Waals surface area contributed by atoms with Gasteiger partial charge in [0, 0.05) is 12.0 Å². The van der Waals surface area contributed by atoms with E-state index < -0.39 is 41.5 Å². The number of carbonyl (C=O) groups excluding carboxylic acids is 1. The Balaban J connectivity index is 1.61. The molecule has 0 saturated heterocycles. The summed E-state index contributed by atoms with van der Waals surface area (Å²) in [5.41, 5.74) is -4.46. The number of carbonyl (C=O) groups is 1. The highest BCUT2D eigenvalue weighted by Crippen LogP contribution is 2.53. The second-order valence-corrected chi connectivity index (χ2v) is 8.49. The smallest absolute Gasteiger partial charge is 0.338 e. The quantitative estimate of drug-likeness (QED) is 0.605. The van der Waals surface area contributed by atoms with Crippen LogP contribution in [0.2, 0.25) is 0 Å². The van der Waals surface area contributed by atoms with Crippen LogP contribution < -0.4 is 4.74 Å². The molecular formula is C24H27NO7. The monoisotopic (exact) mass is 441 g/mol. The topological polar surface area (TPSA) is 118 Å². The number of ether oxygens (including phenoxy) is 3. The fourth-order valence-corrected chi connectivity index (χ4v) is 4.58. The van der Waals surface area contributed by atoms with Crippen LogP contribution >= 0.6 is 0 Å². The number of aliphatic imine (C=N–C) groups is 1. The molecule has 0 radical (unpaired) electrons. The standard InChI is InChI=1S/C24H27NO7/c1-15-23(25-20(32-15)16-9-11-18(30-3)12-10-16)13-19(26)24(29,22(23,2)28)14-31-21(27)17-7-5-4-6-8-17/h4-12,15,19,26,28-29H,13-14H2,1-3H3/t15-,19+,22+,23-,24+/m0/s1. The molecule has 32 heavy (non-hydrogen) atoms. The van der Waals surface area contributed by atoms with Gasteiger partial charge in [-0.1, -0.05) is 18.2 Å². The van der Waals surface area contributed by atoms with Crippen LogP contribution in [0, 0.1) is 0 Å². The molecule has 0 amide bonds. The van der Waals surface area contributed by atoms with E-state index in [1.165, 1.54) is 6.92 Å². The zero-order valence-electron chi connectivity index (χ0n) is 18.2. The van der Waals surface area contributed by atoms with Crippen LogP contribution in [-0.4, -0.2) is 69.9 Å². The molecule has 0 aromatic heterocycles. The van der Waals surface area contributed by atoms with E-state index in [9.17, 15) is 20.1 Å². The second kappa shape index (κ2) is 7.88. The Bertz CT molecular complexity index is 1020. The van der Waals surface area contributed by atoms with Gasteiger partial charge in [-0.25, -0.2) is 9.79 Å². The van der Waals surface area contributed by atoms with E-state index in [1.54, 1.807) is 68.6 Å². The molecule has 2 aromatic rings. The van der Waals surface area contributed by atoms with Gasteiger partial charge < -0.3 is 29.5 Å². The molecule has 1 aliphatic heterocycles. The number of methoxy groups -OCH3 is 1. The van der Waals surface area contributed by atoms with Gasteiger partial charge in [0.15, 0.2) is 5.60 Å². The molecule has 1 aliphatic carbocycles. The van der Waals surface area contributed by atoms with Crippen molar-refractivity contribution in [3.63, 3.8) is 0 Å². The van der Waals surface area contributed by atoms with E-state index in [2.05, 4.69) is 4.99 Å². The summed E-state index contributed by atoms with van der Waals surface area (Å²) in [6.07, 6.45) is -2.12. The molecule has 1 saturated carbocycles. The molecule has 8 heteroatoms. The number of benzene rings is 2. The molecule has 8 nitrogen and oxygen atoms in total. The molecule has 1 fully saturated rings. The second-order valence-electron chi connectivity index (χ2n) is 8.49. The summed E-state index contributed by atoms with van der Waals surface area (Å²) in [6.45, 7) is 2.51. The molecule has 1 heterocycles. The average molecular weight is 441 g/mol. The summed E-state index contributed by atoms with van der Waals surface area (Å²) in [5.74, 6) is 0.298. The number of aliphatic hydroxyl groups excluding tert-OH is 1. The van der Waals surface area contributed by atoms with Gasteiger partial charge in [0.25, 0.3) is 0 Å². The van der Waals surface area contributed by atoms with E-state index in [0.717, 1.165) is 0 Å². The van der Waals surface area contributed by atoms with Crippen molar-refractivity contribution in [1.82, 2.24) is 0 Å². The van der Waals surface area contributed by atoms with Gasteiger partial charge in [-0.2, -0.15) is 0 Å². The number of hydrogen-bond acceptors (Lipinski definition) is 8. The van der Waals surface area contributed by atoms with Crippen LogP contribution in [0.3, 0.4) is 0 Å². The van der Waals surface area contributed by atoms with Gasteiger partial charge in [0.2, 0.25) is 5.90 Å². The summed E-state index contributed by atoms with van der Waals surface area (Å²) in [5, 5.41) is 33.7. The molecule has 3 N–H and O–H groups in total. The first-order valence-electron chi connectivity index (χ1n) is 10.4. The van der Waals surface area contributed by atoms with Crippen molar-refractivity contribution in [1.29, 1.82) is 0 Å². The third kappa shape index (κ3) is 3.26. The van der Waals surface area contributed by atoms with E-state index >= 15 is 0 Å². The molecule has 170 valence electrons. The van der Waals surface area contributed by atoms with Gasteiger partial charge in [-0.15, -0.1) is 0 Å². The SMILES string of the molecule is COc1ccc(C2=N[C@@]3(C[C@@H](O)[C@](O)(COC(=O)c4ccccc4)[C@]3(C)O)[C@H](C)O2)cc1. The molecule has 0 bridgehead atoms. The lowest BCUT2D eigenvalue weighted by Gasteiger charge is -2.43. The molecule has 4 rings (SSSR count). The van der Waals surface area contributed by atoms with Gasteiger partial charge in [0.1, 0.15) is 29.6 Å². The van der Waals surface area contributed by atoms with Crippen molar-refractivity contribution in [2.24, 2.45) is 4.99 Å². The first-order valence-corrected chi connectivity index (χ1v) is 10.4. The van der Waals surface area contributed by atoms with Crippen molar-refractivity contribution >= 4 is 11.9 Å². The number of nitrogens with zero attached hydrogens (tertiary/aromatic N) is 1. The minimum Gasteiger partial charge on any atom is -0.497 e. The van der Waals surface area contributed by atoms with Crippen LogP contribution in [-0.2, 0) is 9.47 Å². The number of rotatable bonds is 5. The normalized spacial score (nSPS) is 33.6. The third-order valence-electron chi connectivity index (χ3n) is 6.77. The van der Waals surface area contributed by atoms with Crippen LogP contribution in [0.5, 0.6) is 5.75 Å². The highest BCUT2D eigenvalue weighted by atomic mass is 16.6. The lowest BCUT2D eigenvalue weighted by atomic mass is 9.75. The Morgan fingerprint density at radius 2 is 1.81 bits per heavy atom. The van der Waals surface area contributed by atoms with Crippen molar-refractivity contribution in [3.05, 3.63) is 65.7 Å². The summed E-state index contributed by atoms with van der Waals surface area (Å²) < 4.78 is 16.4. The molecule has 5 atom stereocenters. The number of hydrogen-bond donors (Lipinski definition) is 3. The Morgan fingerprint density at radius 3 is 2.44 bits per heavy atom. The van der Waals surface area contributed by atoms with Gasteiger partial charge in [0.05, 0.1) is 18.8 Å². The van der Waals surface area contributed by atoms with Gasteiger partial charge in [-0.3, -0.25) is 0 Å². The predicted molar refractivity (Wildman–Crippen MR) is 116 cm³/mol. The van der Waals surface area contributed by atoms with E-state index in [1.807, 2.05) is 0 Å². The van der Waals surface area contributed by atoms with Crippen molar-refractivity contribution in [2.75, 3.05) is 13.7 Å². The number of esters is 1.